The highest BCUT2D eigenvalue weighted by Crippen LogP contribution is 2.25. The summed E-state index contributed by atoms with van der Waals surface area (Å²) in [6, 6.07) is 3.78. The van der Waals surface area contributed by atoms with E-state index in [1.807, 2.05) is 12.1 Å². The lowest BCUT2D eigenvalue weighted by Gasteiger charge is -1.96. The minimum Gasteiger partial charge on any atom is -0.398 e. The first-order valence-electron chi connectivity index (χ1n) is 3.09. The number of hydrogen-bond acceptors (Lipinski definition) is 4. The Bertz CT molecular complexity index is 358. The molecule has 4 heteroatoms. The van der Waals surface area contributed by atoms with Crippen molar-refractivity contribution in [2.45, 2.75) is 4.90 Å². The first-order valence-corrected chi connectivity index (χ1v) is 4.42. The number of nitrogen functional groups attached to an aromatic ring is 1. The number of benzene rings is 1. The molecule has 0 spiro atoms. The molecular weight excluding hydrogens is 176 g/mol. The lowest BCUT2D eigenvalue weighted by atomic mass is 10.3. The summed E-state index contributed by atoms with van der Waals surface area (Å²) in [4.78, 5) is 4.93. The van der Waals surface area contributed by atoms with Gasteiger partial charge >= 0.3 is 0 Å². The first kappa shape index (κ1) is 6.94. The van der Waals surface area contributed by atoms with Gasteiger partial charge in [0.05, 0.1) is 15.7 Å². The van der Waals surface area contributed by atoms with Gasteiger partial charge in [-0.1, -0.05) is 0 Å². The van der Waals surface area contributed by atoms with Crippen LogP contribution in [0.4, 0.5) is 5.69 Å². The van der Waals surface area contributed by atoms with Gasteiger partial charge in [-0.2, -0.15) is 0 Å². The third-order valence-electron chi connectivity index (χ3n) is 1.48. The SMILES string of the molecule is Nc1cc2scnc2cc1S. The molecule has 0 saturated heterocycles. The molecule has 11 heavy (non-hydrogen) atoms. The van der Waals surface area contributed by atoms with E-state index in [9.17, 15) is 0 Å². The van der Waals surface area contributed by atoms with Crippen molar-refractivity contribution in [1.82, 2.24) is 4.98 Å². The smallest absolute Gasteiger partial charge is 0.0824 e. The number of anilines is 1. The van der Waals surface area contributed by atoms with Gasteiger partial charge in [-0.3, -0.25) is 0 Å². The maximum absolute atomic E-state index is 5.65. The van der Waals surface area contributed by atoms with E-state index in [0.717, 1.165) is 15.1 Å². The normalized spacial score (nSPS) is 10.6. The number of fused-ring (bicyclic) bond motifs is 1. The average Bonchev–Trinajstić information content (AvgIpc) is 2.36. The van der Waals surface area contributed by atoms with Gasteiger partial charge in [0.2, 0.25) is 0 Å². The van der Waals surface area contributed by atoms with Crippen molar-refractivity contribution in [2.75, 3.05) is 5.73 Å². The number of nitrogens with zero attached hydrogens (tertiary/aromatic N) is 1. The second-order valence-corrected chi connectivity index (χ2v) is 3.60. The maximum Gasteiger partial charge on any atom is 0.0824 e. The average molecular weight is 182 g/mol. The number of aromatic nitrogens is 1. The number of hydrogen-bond donors (Lipinski definition) is 2. The molecule has 2 aromatic rings. The summed E-state index contributed by atoms with van der Waals surface area (Å²) in [7, 11) is 0. The van der Waals surface area contributed by atoms with Crippen LogP contribution < -0.4 is 5.73 Å². The molecule has 2 nitrogen and oxygen atoms in total. The molecule has 0 unspecified atom stereocenters. The van der Waals surface area contributed by atoms with Crippen LogP contribution in [0.5, 0.6) is 0 Å². The summed E-state index contributed by atoms with van der Waals surface area (Å²) < 4.78 is 1.11. The van der Waals surface area contributed by atoms with Crippen LogP contribution in [0.25, 0.3) is 10.2 Å². The van der Waals surface area contributed by atoms with E-state index in [1.165, 1.54) is 0 Å². The maximum atomic E-state index is 5.65. The zero-order valence-corrected chi connectivity index (χ0v) is 7.32. The molecule has 1 aromatic heterocycles. The quantitative estimate of drug-likeness (QED) is 0.484. The molecule has 0 aliphatic heterocycles. The fraction of sp³-hybridized carbons (Fsp3) is 0. The highest BCUT2D eigenvalue weighted by molar-refractivity contribution is 7.80. The van der Waals surface area contributed by atoms with Crippen LogP contribution in [0.1, 0.15) is 0 Å². The lowest BCUT2D eigenvalue weighted by Crippen LogP contribution is -1.85. The highest BCUT2D eigenvalue weighted by atomic mass is 32.1. The van der Waals surface area contributed by atoms with E-state index < -0.39 is 0 Å². The predicted molar refractivity (Wildman–Crippen MR) is 51.3 cm³/mol. The van der Waals surface area contributed by atoms with Crippen molar-refractivity contribution in [2.24, 2.45) is 0 Å². The van der Waals surface area contributed by atoms with Gasteiger partial charge in [0.15, 0.2) is 0 Å². The van der Waals surface area contributed by atoms with Crippen molar-refractivity contribution in [3.8, 4) is 0 Å². The molecule has 2 rings (SSSR count). The van der Waals surface area contributed by atoms with E-state index in [2.05, 4.69) is 17.6 Å². The van der Waals surface area contributed by atoms with E-state index in [4.69, 9.17) is 5.73 Å². The van der Waals surface area contributed by atoms with Gasteiger partial charge in [-0.05, 0) is 12.1 Å². The van der Waals surface area contributed by atoms with Crippen molar-refractivity contribution < 1.29 is 0 Å². The van der Waals surface area contributed by atoms with Gasteiger partial charge in [0.25, 0.3) is 0 Å². The molecular formula is C7H6N2S2. The Labute approximate surface area is 73.5 Å². The van der Waals surface area contributed by atoms with Crippen LogP contribution in [0.15, 0.2) is 22.5 Å². The molecule has 0 atom stereocenters. The second kappa shape index (κ2) is 2.39. The Kier molecular flexibility index (Phi) is 1.51. The monoisotopic (exact) mass is 182 g/mol. The lowest BCUT2D eigenvalue weighted by molar-refractivity contribution is 1.45. The first-order chi connectivity index (χ1) is 5.27. The molecule has 1 heterocycles. The summed E-state index contributed by atoms with van der Waals surface area (Å²) in [5, 5.41) is 0. The number of thiazole rings is 1. The third kappa shape index (κ3) is 1.08. The molecule has 56 valence electrons. The van der Waals surface area contributed by atoms with Gasteiger partial charge in [-0.25, -0.2) is 4.98 Å². The minimum absolute atomic E-state index is 0.713. The van der Waals surface area contributed by atoms with Gasteiger partial charge in [-0.15, -0.1) is 24.0 Å². The summed E-state index contributed by atoms with van der Waals surface area (Å²) in [5.41, 5.74) is 9.13. The van der Waals surface area contributed by atoms with E-state index in [1.54, 1.807) is 16.8 Å². The van der Waals surface area contributed by atoms with Crippen molar-refractivity contribution in [3.63, 3.8) is 0 Å². The molecule has 0 saturated carbocycles. The van der Waals surface area contributed by atoms with Crippen LogP contribution in [0.2, 0.25) is 0 Å². The van der Waals surface area contributed by atoms with Crippen LogP contribution in [0, 0.1) is 0 Å². The fourth-order valence-electron chi connectivity index (χ4n) is 0.908. The number of nitrogens with two attached hydrogens (primary N) is 1. The summed E-state index contributed by atoms with van der Waals surface area (Å²) in [6.45, 7) is 0. The molecule has 2 N–H and O–H groups in total. The number of thiol groups is 1. The van der Waals surface area contributed by atoms with Crippen LogP contribution in [0.3, 0.4) is 0 Å². The molecule has 0 aliphatic carbocycles. The molecule has 0 radical (unpaired) electrons. The molecule has 0 bridgehead atoms. The van der Waals surface area contributed by atoms with Crippen LogP contribution >= 0.6 is 24.0 Å². The van der Waals surface area contributed by atoms with Gasteiger partial charge < -0.3 is 5.73 Å². The summed E-state index contributed by atoms with van der Waals surface area (Å²) >= 11 is 5.77. The second-order valence-electron chi connectivity index (χ2n) is 2.23. The summed E-state index contributed by atoms with van der Waals surface area (Å²) in [5.74, 6) is 0. The molecule has 0 amide bonds. The van der Waals surface area contributed by atoms with Gasteiger partial charge in [0.1, 0.15) is 0 Å². The van der Waals surface area contributed by atoms with Crippen molar-refractivity contribution in [1.29, 1.82) is 0 Å². The topological polar surface area (TPSA) is 38.9 Å². The Hall–Kier alpha value is -0.740. The predicted octanol–water partition coefficient (Wildman–Crippen LogP) is 2.17. The molecule has 1 aromatic carbocycles. The Balaban J connectivity index is 2.86. The molecule has 0 fully saturated rings. The third-order valence-corrected chi connectivity index (χ3v) is 2.66. The van der Waals surface area contributed by atoms with E-state index >= 15 is 0 Å². The zero-order chi connectivity index (χ0) is 7.84. The standard InChI is InChI=1S/C7H6N2S2/c8-4-1-7-5(2-6(4)10)9-3-11-7/h1-3,10H,8H2. The number of rotatable bonds is 0. The van der Waals surface area contributed by atoms with E-state index in [-0.39, 0.29) is 0 Å². The van der Waals surface area contributed by atoms with Crippen molar-refractivity contribution in [3.05, 3.63) is 17.6 Å². The Morgan fingerprint density at radius 2 is 2.27 bits per heavy atom. The van der Waals surface area contributed by atoms with Crippen molar-refractivity contribution >= 4 is 39.9 Å². The van der Waals surface area contributed by atoms with Crippen LogP contribution in [-0.4, -0.2) is 4.98 Å². The minimum atomic E-state index is 0.713. The highest BCUT2D eigenvalue weighted by Gasteiger charge is 1.99. The largest absolute Gasteiger partial charge is 0.398 e. The van der Waals surface area contributed by atoms with E-state index in [0.29, 0.717) is 5.69 Å². The van der Waals surface area contributed by atoms with Crippen LogP contribution in [-0.2, 0) is 0 Å². The van der Waals surface area contributed by atoms with Gasteiger partial charge in [0, 0.05) is 10.6 Å². The zero-order valence-electron chi connectivity index (χ0n) is 5.61. The Morgan fingerprint density at radius 3 is 3.09 bits per heavy atom. The Morgan fingerprint density at radius 1 is 1.45 bits per heavy atom. The fourth-order valence-corrected chi connectivity index (χ4v) is 1.80. The summed E-state index contributed by atoms with van der Waals surface area (Å²) in [6.07, 6.45) is 0. The molecule has 0 aliphatic rings.